The third-order valence-electron chi connectivity index (χ3n) is 7.52. The fourth-order valence-electron chi connectivity index (χ4n) is 5.19. The summed E-state index contributed by atoms with van der Waals surface area (Å²) in [6, 6.07) is 11.3. The van der Waals surface area contributed by atoms with E-state index in [0.717, 1.165) is 43.3 Å². The van der Waals surface area contributed by atoms with Gasteiger partial charge in [-0.05, 0) is 50.6 Å². The van der Waals surface area contributed by atoms with Crippen LogP contribution in [0.2, 0.25) is 0 Å². The van der Waals surface area contributed by atoms with Gasteiger partial charge in [0.25, 0.3) is 0 Å². The SMILES string of the molecule is CC.COc1ccc(CN2C(=O)CCN(c3ccc(N4CC(N5CCN(C(=O)OC(C)(C)C)CC5)C4)nc3)C2=O)cc1. The van der Waals surface area contributed by atoms with Crippen molar-refractivity contribution in [2.75, 3.05) is 62.7 Å². The smallest absolute Gasteiger partial charge is 0.410 e. The lowest BCUT2D eigenvalue weighted by Gasteiger charge is -2.48. The molecule has 0 spiro atoms. The number of hydrogen-bond donors (Lipinski definition) is 0. The van der Waals surface area contributed by atoms with E-state index >= 15 is 0 Å². The maximum Gasteiger partial charge on any atom is 0.410 e. The number of imide groups is 1. The Hall–Kier alpha value is -3.86. The molecule has 3 aliphatic rings. The molecule has 2 aromatic rings. The van der Waals surface area contributed by atoms with Crippen LogP contribution in [-0.2, 0) is 16.1 Å². The highest BCUT2D eigenvalue weighted by atomic mass is 16.6. The summed E-state index contributed by atoms with van der Waals surface area (Å²) >= 11 is 0. The molecule has 1 aromatic carbocycles. The third kappa shape index (κ3) is 7.31. The number of ether oxygens (including phenoxy) is 2. The molecular formula is C31H44N6O5. The molecule has 0 bridgehead atoms. The average Bonchev–Trinajstić information content (AvgIpc) is 2.96. The van der Waals surface area contributed by atoms with Crippen LogP contribution in [-0.4, -0.2) is 102 Å². The van der Waals surface area contributed by atoms with Gasteiger partial charge in [0, 0.05) is 58.3 Å². The van der Waals surface area contributed by atoms with Crippen molar-refractivity contribution in [2.45, 2.75) is 59.2 Å². The molecule has 0 saturated carbocycles. The van der Waals surface area contributed by atoms with Crippen LogP contribution >= 0.6 is 0 Å². The lowest BCUT2D eigenvalue weighted by atomic mass is 10.1. The highest BCUT2D eigenvalue weighted by Gasteiger charge is 2.36. The lowest BCUT2D eigenvalue weighted by molar-refractivity contribution is -0.129. The molecule has 1 aromatic heterocycles. The molecule has 4 amide bonds. The van der Waals surface area contributed by atoms with E-state index in [2.05, 4.69) is 14.8 Å². The molecule has 228 valence electrons. The van der Waals surface area contributed by atoms with Crippen LogP contribution < -0.4 is 14.5 Å². The van der Waals surface area contributed by atoms with E-state index in [1.54, 1.807) is 23.1 Å². The summed E-state index contributed by atoms with van der Waals surface area (Å²) in [7, 11) is 1.60. The lowest BCUT2D eigenvalue weighted by Crippen LogP contribution is -2.63. The Morgan fingerprint density at radius 2 is 1.62 bits per heavy atom. The van der Waals surface area contributed by atoms with Gasteiger partial charge in [-0.1, -0.05) is 26.0 Å². The molecule has 11 heteroatoms. The molecule has 3 saturated heterocycles. The van der Waals surface area contributed by atoms with Crippen molar-refractivity contribution in [1.82, 2.24) is 19.7 Å². The first kappa shape index (κ1) is 31.1. The second-order valence-electron chi connectivity index (χ2n) is 11.4. The van der Waals surface area contributed by atoms with E-state index in [-0.39, 0.29) is 31.0 Å². The third-order valence-corrected chi connectivity index (χ3v) is 7.52. The Bertz CT molecular complexity index is 1220. The van der Waals surface area contributed by atoms with Crippen LogP contribution in [0.1, 0.15) is 46.6 Å². The second-order valence-corrected chi connectivity index (χ2v) is 11.4. The van der Waals surface area contributed by atoms with E-state index in [1.807, 2.05) is 71.0 Å². The molecule has 3 aliphatic heterocycles. The zero-order chi connectivity index (χ0) is 30.4. The summed E-state index contributed by atoms with van der Waals surface area (Å²) in [6.45, 7) is 14.9. The summed E-state index contributed by atoms with van der Waals surface area (Å²) in [5.41, 5.74) is 1.05. The first-order valence-electron chi connectivity index (χ1n) is 14.8. The molecule has 3 fully saturated rings. The molecule has 42 heavy (non-hydrogen) atoms. The van der Waals surface area contributed by atoms with Gasteiger partial charge in [0.15, 0.2) is 0 Å². The van der Waals surface area contributed by atoms with Crippen LogP contribution in [0.5, 0.6) is 5.75 Å². The summed E-state index contributed by atoms with van der Waals surface area (Å²) in [5, 5.41) is 0. The number of rotatable bonds is 6. The second kappa shape index (κ2) is 13.4. The van der Waals surface area contributed by atoms with Gasteiger partial charge in [0.2, 0.25) is 5.91 Å². The molecule has 4 heterocycles. The molecule has 0 N–H and O–H groups in total. The monoisotopic (exact) mass is 580 g/mol. The van der Waals surface area contributed by atoms with Crippen molar-refractivity contribution in [3.05, 3.63) is 48.2 Å². The number of amides is 4. The Kier molecular flexibility index (Phi) is 9.93. The van der Waals surface area contributed by atoms with Crippen LogP contribution in [0.25, 0.3) is 0 Å². The van der Waals surface area contributed by atoms with Crippen molar-refractivity contribution in [3.8, 4) is 5.75 Å². The fraction of sp³-hybridized carbons (Fsp3) is 0.548. The standard InChI is InChI=1S/C29H38N6O5.C2H6/c1-29(2,3)40-28(38)32-15-13-31(14-16-32)23-19-33(20-23)25-10-7-22(17-30-25)34-12-11-26(36)35(27(34)37)18-21-5-8-24(39-4)9-6-21;1-2/h5-10,17,23H,11-16,18-20H2,1-4H3;1-2H3. The summed E-state index contributed by atoms with van der Waals surface area (Å²) < 4.78 is 10.7. The van der Waals surface area contributed by atoms with E-state index in [9.17, 15) is 14.4 Å². The maximum absolute atomic E-state index is 13.2. The van der Waals surface area contributed by atoms with Gasteiger partial charge in [-0.3, -0.25) is 19.5 Å². The van der Waals surface area contributed by atoms with E-state index in [1.165, 1.54) is 4.90 Å². The van der Waals surface area contributed by atoms with Crippen LogP contribution in [0, 0.1) is 0 Å². The minimum atomic E-state index is -0.486. The van der Waals surface area contributed by atoms with Gasteiger partial charge in [0.1, 0.15) is 17.2 Å². The minimum absolute atomic E-state index is 0.180. The number of nitrogens with zero attached hydrogens (tertiary/aromatic N) is 6. The predicted molar refractivity (Wildman–Crippen MR) is 162 cm³/mol. The number of piperazine rings is 1. The first-order valence-corrected chi connectivity index (χ1v) is 14.8. The quantitative estimate of drug-likeness (QED) is 0.501. The maximum atomic E-state index is 13.2. The van der Waals surface area contributed by atoms with Gasteiger partial charge in [-0.2, -0.15) is 0 Å². The van der Waals surface area contributed by atoms with Gasteiger partial charge in [0.05, 0.1) is 25.5 Å². The van der Waals surface area contributed by atoms with Crippen molar-refractivity contribution in [1.29, 1.82) is 0 Å². The van der Waals surface area contributed by atoms with Crippen LogP contribution in [0.3, 0.4) is 0 Å². The normalized spacial score (nSPS) is 18.3. The van der Waals surface area contributed by atoms with E-state index < -0.39 is 5.60 Å². The molecular weight excluding hydrogens is 536 g/mol. The highest BCUT2D eigenvalue weighted by Crippen LogP contribution is 2.27. The molecule has 5 rings (SSSR count). The number of hydrogen-bond acceptors (Lipinski definition) is 8. The number of anilines is 2. The van der Waals surface area contributed by atoms with Crippen molar-refractivity contribution >= 4 is 29.5 Å². The number of aromatic nitrogens is 1. The number of urea groups is 1. The number of methoxy groups -OCH3 is 1. The Morgan fingerprint density at radius 1 is 0.952 bits per heavy atom. The number of pyridine rings is 1. The number of carbonyl (C=O) groups excluding carboxylic acids is 3. The molecule has 0 radical (unpaired) electrons. The molecule has 0 unspecified atom stereocenters. The Balaban J connectivity index is 0.00000198. The van der Waals surface area contributed by atoms with Gasteiger partial charge < -0.3 is 19.3 Å². The predicted octanol–water partition coefficient (Wildman–Crippen LogP) is 4.22. The topological polar surface area (TPSA) is 98.8 Å². The molecule has 11 nitrogen and oxygen atoms in total. The fourth-order valence-corrected chi connectivity index (χ4v) is 5.19. The Labute approximate surface area is 249 Å². The summed E-state index contributed by atoms with van der Waals surface area (Å²) in [4.78, 5) is 52.1. The minimum Gasteiger partial charge on any atom is -0.497 e. The zero-order valence-electron chi connectivity index (χ0n) is 25.7. The van der Waals surface area contributed by atoms with Crippen molar-refractivity contribution < 1.29 is 23.9 Å². The first-order chi connectivity index (χ1) is 20.1. The molecule has 0 aliphatic carbocycles. The van der Waals surface area contributed by atoms with Crippen molar-refractivity contribution in [2.24, 2.45) is 0 Å². The average molecular weight is 581 g/mol. The number of benzene rings is 1. The van der Waals surface area contributed by atoms with Gasteiger partial charge in [-0.25, -0.2) is 14.6 Å². The zero-order valence-corrected chi connectivity index (χ0v) is 25.7. The van der Waals surface area contributed by atoms with Crippen molar-refractivity contribution in [3.63, 3.8) is 0 Å². The summed E-state index contributed by atoms with van der Waals surface area (Å²) in [6.07, 6.45) is 1.73. The van der Waals surface area contributed by atoms with Gasteiger partial charge >= 0.3 is 12.1 Å². The van der Waals surface area contributed by atoms with E-state index in [0.29, 0.717) is 31.4 Å². The summed E-state index contributed by atoms with van der Waals surface area (Å²) in [5.74, 6) is 1.41. The van der Waals surface area contributed by atoms with Crippen LogP contribution in [0.4, 0.5) is 21.1 Å². The van der Waals surface area contributed by atoms with Gasteiger partial charge in [-0.15, -0.1) is 0 Å². The highest BCUT2D eigenvalue weighted by molar-refractivity contribution is 6.05. The van der Waals surface area contributed by atoms with Crippen LogP contribution in [0.15, 0.2) is 42.6 Å². The Morgan fingerprint density at radius 3 is 2.19 bits per heavy atom. The number of carbonyl (C=O) groups is 3. The molecule has 0 atom stereocenters. The van der Waals surface area contributed by atoms with E-state index in [4.69, 9.17) is 9.47 Å². The largest absolute Gasteiger partial charge is 0.497 e.